The number of nitrogens with two attached hydrogens (primary N) is 1. The van der Waals surface area contributed by atoms with E-state index in [4.69, 9.17) is 10.5 Å². The molecule has 20 heavy (non-hydrogen) atoms. The Bertz CT molecular complexity index is 564. The molecule has 3 heteroatoms. The summed E-state index contributed by atoms with van der Waals surface area (Å²) in [6.07, 6.45) is 0. The van der Waals surface area contributed by atoms with E-state index in [9.17, 15) is 0 Å². The van der Waals surface area contributed by atoms with Crippen LogP contribution in [0.25, 0.3) is 0 Å². The maximum atomic E-state index is 5.85. The van der Waals surface area contributed by atoms with Crippen molar-refractivity contribution in [3.63, 3.8) is 0 Å². The standard InChI is InChI=1S/C17H22N2O/c1-13-4-9-17(15(10-13)11-18)19(2)12-14-5-7-16(20-3)8-6-14/h4-10H,11-12,18H2,1-3H3. The fourth-order valence-electron chi connectivity index (χ4n) is 2.34. The van der Waals surface area contributed by atoms with Gasteiger partial charge in [0.2, 0.25) is 0 Å². The molecule has 0 aliphatic carbocycles. The fourth-order valence-corrected chi connectivity index (χ4v) is 2.34. The van der Waals surface area contributed by atoms with Gasteiger partial charge < -0.3 is 15.4 Å². The minimum Gasteiger partial charge on any atom is -0.497 e. The number of hydrogen-bond donors (Lipinski definition) is 1. The Kier molecular flexibility index (Phi) is 4.64. The zero-order valence-electron chi connectivity index (χ0n) is 12.4. The van der Waals surface area contributed by atoms with Gasteiger partial charge in [0.05, 0.1) is 7.11 Å². The molecule has 0 aliphatic rings. The summed E-state index contributed by atoms with van der Waals surface area (Å²) >= 11 is 0. The van der Waals surface area contributed by atoms with Gasteiger partial charge in [0.1, 0.15) is 5.75 Å². The van der Waals surface area contributed by atoms with Crippen LogP contribution in [0.4, 0.5) is 5.69 Å². The summed E-state index contributed by atoms with van der Waals surface area (Å²) in [6, 6.07) is 14.6. The van der Waals surface area contributed by atoms with Crippen molar-refractivity contribution < 1.29 is 4.74 Å². The average molecular weight is 270 g/mol. The average Bonchev–Trinajstić information content (AvgIpc) is 2.47. The molecule has 0 fully saturated rings. The topological polar surface area (TPSA) is 38.5 Å². The summed E-state index contributed by atoms with van der Waals surface area (Å²) in [6.45, 7) is 3.50. The van der Waals surface area contributed by atoms with Crippen LogP contribution in [0.5, 0.6) is 5.75 Å². The second-order valence-electron chi connectivity index (χ2n) is 5.04. The summed E-state index contributed by atoms with van der Waals surface area (Å²) < 4.78 is 5.18. The maximum Gasteiger partial charge on any atom is 0.118 e. The third kappa shape index (κ3) is 3.31. The lowest BCUT2D eigenvalue weighted by Gasteiger charge is -2.22. The van der Waals surface area contributed by atoms with Gasteiger partial charge in [-0.15, -0.1) is 0 Å². The summed E-state index contributed by atoms with van der Waals surface area (Å²) in [4.78, 5) is 2.23. The van der Waals surface area contributed by atoms with E-state index in [1.165, 1.54) is 22.4 Å². The molecule has 0 aromatic heterocycles. The number of nitrogens with zero attached hydrogens (tertiary/aromatic N) is 1. The molecule has 0 unspecified atom stereocenters. The van der Waals surface area contributed by atoms with Gasteiger partial charge in [-0.25, -0.2) is 0 Å². The van der Waals surface area contributed by atoms with E-state index in [-0.39, 0.29) is 0 Å². The zero-order chi connectivity index (χ0) is 14.5. The van der Waals surface area contributed by atoms with Gasteiger partial charge in [-0.2, -0.15) is 0 Å². The second-order valence-corrected chi connectivity index (χ2v) is 5.04. The first-order valence-corrected chi connectivity index (χ1v) is 6.77. The maximum absolute atomic E-state index is 5.85. The highest BCUT2D eigenvalue weighted by molar-refractivity contribution is 5.54. The molecule has 2 N–H and O–H groups in total. The first-order chi connectivity index (χ1) is 9.63. The molecule has 3 nitrogen and oxygen atoms in total. The van der Waals surface area contributed by atoms with Gasteiger partial charge in [0, 0.05) is 25.8 Å². The molecule has 106 valence electrons. The molecule has 0 bridgehead atoms. The molecule has 2 aromatic carbocycles. The first-order valence-electron chi connectivity index (χ1n) is 6.77. The van der Waals surface area contributed by atoms with E-state index in [0.717, 1.165) is 12.3 Å². The Morgan fingerprint density at radius 1 is 1.10 bits per heavy atom. The minimum atomic E-state index is 0.559. The highest BCUT2D eigenvalue weighted by Gasteiger charge is 2.07. The van der Waals surface area contributed by atoms with Crippen LogP contribution in [0.3, 0.4) is 0 Å². The van der Waals surface area contributed by atoms with Crippen LogP contribution in [0.1, 0.15) is 16.7 Å². The fraction of sp³-hybridized carbons (Fsp3) is 0.294. The second kappa shape index (κ2) is 6.44. The number of benzene rings is 2. The van der Waals surface area contributed by atoms with Crippen LogP contribution < -0.4 is 15.4 Å². The number of ether oxygens (including phenoxy) is 1. The Labute approximate surface area is 121 Å². The van der Waals surface area contributed by atoms with Gasteiger partial charge >= 0.3 is 0 Å². The lowest BCUT2D eigenvalue weighted by atomic mass is 10.1. The Morgan fingerprint density at radius 3 is 2.40 bits per heavy atom. The SMILES string of the molecule is COc1ccc(CN(C)c2ccc(C)cc2CN)cc1. The Hall–Kier alpha value is -2.00. The third-order valence-electron chi connectivity index (χ3n) is 3.44. The van der Waals surface area contributed by atoms with Crippen molar-refractivity contribution in [2.24, 2.45) is 5.73 Å². The zero-order valence-corrected chi connectivity index (χ0v) is 12.4. The number of aryl methyl sites for hydroxylation is 1. The molecule has 0 heterocycles. The number of anilines is 1. The van der Waals surface area contributed by atoms with Gasteiger partial charge in [0.15, 0.2) is 0 Å². The number of methoxy groups -OCH3 is 1. The van der Waals surface area contributed by atoms with Crippen molar-refractivity contribution >= 4 is 5.69 Å². The van der Waals surface area contributed by atoms with Crippen molar-refractivity contribution in [2.75, 3.05) is 19.1 Å². The summed E-state index contributed by atoms with van der Waals surface area (Å²) in [7, 11) is 3.77. The smallest absolute Gasteiger partial charge is 0.118 e. The lowest BCUT2D eigenvalue weighted by molar-refractivity contribution is 0.414. The summed E-state index contributed by atoms with van der Waals surface area (Å²) in [5.74, 6) is 0.884. The normalized spacial score (nSPS) is 10.4. The molecule has 0 amide bonds. The van der Waals surface area contributed by atoms with Crippen molar-refractivity contribution in [2.45, 2.75) is 20.0 Å². The molecular weight excluding hydrogens is 248 g/mol. The number of hydrogen-bond acceptors (Lipinski definition) is 3. The molecule has 0 spiro atoms. The summed E-state index contributed by atoms with van der Waals surface area (Å²) in [5, 5.41) is 0. The highest BCUT2D eigenvalue weighted by Crippen LogP contribution is 2.22. The molecule has 0 aliphatic heterocycles. The van der Waals surface area contributed by atoms with Gasteiger partial charge in [-0.3, -0.25) is 0 Å². The van der Waals surface area contributed by atoms with E-state index in [2.05, 4.69) is 49.2 Å². The highest BCUT2D eigenvalue weighted by atomic mass is 16.5. The Balaban J connectivity index is 2.16. The van der Waals surface area contributed by atoms with E-state index >= 15 is 0 Å². The molecule has 0 radical (unpaired) electrons. The largest absolute Gasteiger partial charge is 0.497 e. The first kappa shape index (κ1) is 14.4. The minimum absolute atomic E-state index is 0.559. The van der Waals surface area contributed by atoms with Crippen LogP contribution in [0.15, 0.2) is 42.5 Å². The van der Waals surface area contributed by atoms with Crippen molar-refractivity contribution in [1.29, 1.82) is 0 Å². The molecule has 2 aromatic rings. The number of rotatable bonds is 5. The van der Waals surface area contributed by atoms with E-state index in [1.807, 2.05) is 12.1 Å². The van der Waals surface area contributed by atoms with Crippen LogP contribution in [0.2, 0.25) is 0 Å². The van der Waals surface area contributed by atoms with Gasteiger partial charge in [-0.1, -0.05) is 29.8 Å². The van der Waals surface area contributed by atoms with Crippen LogP contribution >= 0.6 is 0 Å². The molecule has 0 saturated heterocycles. The summed E-state index contributed by atoms with van der Waals surface area (Å²) in [5.41, 5.74) is 10.7. The van der Waals surface area contributed by atoms with Crippen molar-refractivity contribution in [3.8, 4) is 5.75 Å². The van der Waals surface area contributed by atoms with E-state index in [1.54, 1.807) is 7.11 Å². The van der Waals surface area contributed by atoms with E-state index < -0.39 is 0 Å². The predicted molar refractivity (Wildman–Crippen MR) is 84.2 cm³/mol. The van der Waals surface area contributed by atoms with Crippen LogP contribution in [0, 0.1) is 6.92 Å². The van der Waals surface area contributed by atoms with Gasteiger partial charge in [0.25, 0.3) is 0 Å². The van der Waals surface area contributed by atoms with E-state index in [0.29, 0.717) is 6.54 Å². The lowest BCUT2D eigenvalue weighted by Crippen LogP contribution is -2.19. The van der Waals surface area contributed by atoms with Crippen LogP contribution in [-0.4, -0.2) is 14.2 Å². The predicted octanol–water partition coefficient (Wildman–Crippen LogP) is 3.10. The monoisotopic (exact) mass is 270 g/mol. The Morgan fingerprint density at radius 2 is 1.80 bits per heavy atom. The van der Waals surface area contributed by atoms with Crippen LogP contribution in [-0.2, 0) is 13.1 Å². The van der Waals surface area contributed by atoms with Crippen molar-refractivity contribution in [1.82, 2.24) is 0 Å². The molecule has 2 rings (SSSR count). The van der Waals surface area contributed by atoms with Gasteiger partial charge in [-0.05, 0) is 36.2 Å². The third-order valence-corrected chi connectivity index (χ3v) is 3.44. The van der Waals surface area contributed by atoms with Crippen molar-refractivity contribution in [3.05, 3.63) is 59.2 Å². The molecular formula is C17H22N2O. The quantitative estimate of drug-likeness (QED) is 0.907. The molecule has 0 saturated carbocycles. The molecule has 0 atom stereocenters.